The predicted octanol–water partition coefficient (Wildman–Crippen LogP) is 2.80. The minimum absolute atomic E-state index is 0.271. The third-order valence-corrected chi connectivity index (χ3v) is 5.60. The van der Waals surface area contributed by atoms with E-state index in [1.54, 1.807) is 18.2 Å². The summed E-state index contributed by atoms with van der Waals surface area (Å²) in [4.78, 5) is 12.4. The molecular weight excluding hydrogens is 368 g/mol. The van der Waals surface area contributed by atoms with Crippen molar-refractivity contribution in [1.29, 1.82) is 0 Å². The summed E-state index contributed by atoms with van der Waals surface area (Å²) in [5.41, 5.74) is 0.271. The number of rotatable bonds is 12. The zero-order valence-corrected chi connectivity index (χ0v) is 17.8. The van der Waals surface area contributed by atoms with Crippen LogP contribution >= 0.6 is 0 Å². The molecule has 0 unspecified atom stereocenters. The second-order valence-electron chi connectivity index (χ2n) is 6.53. The molecule has 27 heavy (non-hydrogen) atoms. The maximum atomic E-state index is 12.4. The van der Waals surface area contributed by atoms with E-state index in [-0.39, 0.29) is 18.1 Å². The van der Waals surface area contributed by atoms with E-state index in [9.17, 15) is 13.2 Å². The van der Waals surface area contributed by atoms with Crippen LogP contribution in [0.3, 0.4) is 0 Å². The van der Waals surface area contributed by atoms with Gasteiger partial charge in [0.1, 0.15) is 18.0 Å². The van der Waals surface area contributed by atoms with Gasteiger partial charge in [0, 0.05) is 12.6 Å². The molecule has 0 aliphatic rings. The molecule has 0 radical (unpaired) electrons. The third-order valence-electron chi connectivity index (χ3n) is 4.47. The van der Waals surface area contributed by atoms with Gasteiger partial charge in [-0.1, -0.05) is 33.1 Å². The molecule has 8 heteroatoms. The minimum Gasteiger partial charge on any atom is -0.497 e. The summed E-state index contributed by atoms with van der Waals surface area (Å²) in [5, 5.41) is 2.86. The van der Waals surface area contributed by atoms with Crippen LogP contribution in [0.1, 0.15) is 39.5 Å². The Bertz CT molecular complexity index is 706. The number of nitrogens with one attached hydrogen (secondary N) is 1. The topological polar surface area (TPSA) is 84.9 Å². The lowest BCUT2D eigenvalue weighted by Gasteiger charge is -2.24. The molecule has 1 aromatic carbocycles. The minimum atomic E-state index is -3.69. The normalized spacial score (nSPS) is 12.3. The van der Waals surface area contributed by atoms with Gasteiger partial charge in [0.2, 0.25) is 15.9 Å². The zero-order chi connectivity index (χ0) is 20.4. The molecule has 0 fully saturated rings. The fourth-order valence-electron chi connectivity index (χ4n) is 2.76. The van der Waals surface area contributed by atoms with E-state index in [2.05, 4.69) is 19.2 Å². The number of benzene rings is 1. The van der Waals surface area contributed by atoms with Crippen LogP contribution in [0.5, 0.6) is 11.5 Å². The quantitative estimate of drug-likeness (QED) is 0.583. The van der Waals surface area contributed by atoms with Gasteiger partial charge < -0.3 is 14.8 Å². The number of hydrogen-bond acceptors (Lipinski definition) is 5. The summed E-state index contributed by atoms with van der Waals surface area (Å²) >= 11 is 0. The van der Waals surface area contributed by atoms with Crippen molar-refractivity contribution >= 4 is 21.6 Å². The number of methoxy groups -OCH3 is 2. The number of sulfonamides is 1. The molecule has 154 valence electrons. The summed E-state index contributed by atoms with van der Waals surface area (Å²) in [7, 11) is -0.752. The average molecular weight is 401 g/mol. The first kappa shape index (κ1) is 23.1. The van der Waals surface area contributed by atoms with Gasteiger partial charge in [-0.25, -0.2) is 8.42 Å². The van der Waals surface area contributed by atoms with Gasteiger partial charge in [-0.15, -0.1) is 0 Å². The molecule has 1 rings (SSSR count). The lowest BCUT2D eigenvalue weighted by molar-refractivity contribution is -0.119. The number of nitrogens with zero attached hydrogens (tertiary/aromatic N) is 1. The van der Waals surface area contributed by atoms with Gasteiger partial charge in [-0.3, -0.25) is 9.10 Å². The zero-order valence-electron chi connectivity index (χ0n) is 16.9. The molecule has 0 saturated heterocycles. The average Bonchev–Trinajstić information content (AvgIpc) is 2.64. The van der Waals surface area contributed by atoms with Crippen LogP contribution in [0.25, 0.3) is 0 Å². The monoisotopic (exact) mass is 400 g/mol. The molecule has 0 aromatic heterocycles. The van der Waals surface area contributed by atoms with Crippen LogP contribution in [0, 0.1) is 5.92 Å². The van der Waals surface area contributed by atoms with Crippen LogP contribution < -0.4 is 19.1 Å². The number of hydrogen-bond donors (Lipinski definition) is 1. The van der Waals surface area contributed by atoms with E-state index in [0.717, 1.165) is 36.2 Å². The molecule has 1 atom stereocenters. The number of carbonyl (C=O) groups is 1. The Morgan fingerprint density at radius 3 is 2.44 bits per heavy atom. The summed E-state index contributed by atoms with van der Waals surface area (Å²) in [6.45, 7) is 4.46. The maximum absolute atomic E-state index is 12.4. The lowest BCUT2D eigenvalue weighted by Crippen LogP contribution is -2.41. The van der Waals surface area contributed by atoms with Crippen LogP contribution in [-0.4, -0.2) is 47.9 Å². The molecule has 0 heterocycles. The summed E-state index contributed by atoms with van der Waals surface area (Å²) in [5.74, 6) is 0.876. The van der Waals surface area contributed by atoms with Crippen LogP contribution in [0.15, 0.2) is 18.2 Å². The van der Waals surface area contributed by atoms with Gasteiger partial charge in [0.15, 0.2) is 0 Å². The fourth-order valence-corrected chi connectivity index (χ4v) is 3.61. The second-order valence-corrected chi connectivity index (χ2v) is 8.43. The smallest absolute Gasteiger partial charge is 0.240 e. The van der Waals surface area contributed by atoms with Crippen molar-refractivity contribution in [1.82, 2.24) is 5.32 Å². The fraction of sp³-hybridized carbons (Fsp3) is 0.632. The van der Waals surface area contributed by atoms with Crippen LogP contribution in [-0.2, 0) is 14.8 Å². The second kappa shape index (κ2) is 11.0. The van der Waals surface area contributed by atoms with E-state index in [4.69, 9.17) is 9.47 Å². The molecule has 7 nitrogen and oxygen atoms in total. The van der Waals surface area contributed by atoms with Gasteiger partial charge in [-0.2, -0.15) is 0 Å². The standard InChI is InChI=1S/C19H32N2O5S/c1-6-8-9-15(7-2)13-20-19(22)14-21(27(5,23)24)17-12-16(25-3)10-11-18(17)26-4/h10-12,15H,6-9,13-14H2,1-5H3,(H,20,22)/t15-/m1/s1. The number of ether oxygens (including phenoxy) is 2. The molecule has 0 spiro atoms. The Kier molecular flexibility index (Phi) is 9.41. The van der Waals surface area contributed by atoms with Crippen molar-refractivity contribution in [2.45, 2.75) is 39.5 Å². The SMILES string of the molecule is CCCC[C@@H](CC)CNC(=O)CN(c1cc(OC)ccc1OC)S(C)(=O)=O. The van der Waals surface area contributed by atoms with Crippen molar-refractivity contribution in [3.05, 3.63) is 18.2 Å². The predicted molar refractivity (Wildman–Crippen MR) is 108 cm³/mol. The molecule has 1 amide bonds. The highest BCUT2D eigenvalue weighted by Gasteiger charge is 2.25. The first-order valence-electron chi connectivity index (χ1n) is 9.23. The molecule has 0 saturated carbocycles. The Morgan fingerprint density at radius 2 is 1.93 bits per heavy atom. The van der Waals surface area contributed by atoms with Gasteiger partial charge in [-0.05, 0) is 24.5 Å². The molecule has 0 bridgehead atoms. The summed E-state index contributed by atoms with van der Waals surface area (Å²) in [6.07, 6.45) is 5.31. The summed E-state index contributed by atoms with van der Waals surface area (Å²) in [6, 6.07) is 4.83. The van der Waals surface area contributed by atoms with Gasteiger partial charge >= 0.3 is 0 Å². The molecule has 0 aliphatic carbocycles. The lowest BCUT2D eigenvalue weighted by atomic mass is 9.99. The van der Waals surface area contributed by atoms with Crippen molar-refractivity contribution < 1.29 is 22.7 Å². The molecule has 0 aliphatic heterocycles. The van der Waals surface area contributed by atoms with Crippen LogP contribution in [0.2, 0.25) is 0 Å². The molecular formula is C19H32N2O5S. The van der Waals surface area contributed by atoms with Gasteiger partial charge in [0.05, 0.1) is 26.2 Å². The van der Waals surface area contributed by atoms with Crippen molar-refractivity contribution in [2.75, 3.05) is 37.9 Å². The highest BCUT2D eigenvalue weighted by atomic mass is 32.2. The van der Waals surface area contributed by atoms with Crippen molar-refractivity contribution in [3.8, 4) is 11.5 Å². The van der Waals surface area contributed by atoms with E-state index >= 15 is 0 Å². The Morgan fingerprint density at radius 1 is 1.22 bits per heavy atom. The highest BCUT2D eigenvalue weighted by molar-refractivity contribution is 7.92. The van der Waals surface area contributed by atoms with E-state index < -0.39 is 10.0 Å². The van der Waals surface area contributed by atoms with E-state index in [1.165, 1.54) is 14.2 Å². The Labute approximate surface area is 163 Å². The number of amides is 1. The third kappa shape index (κ3) is 7.28. The van der Waals surface area contributed by atoms with Crippen molar-refractivity contribution in [2.24, 2.45) is 5.92 Å². The Hall–Kier alpha value is -1.96. The molecule has 1 aromatic rings. The first-order valence-corrected chi connectivity index (χ1v) is 11.1. The van der Waals surface area contributed by atoms with E-state index in [0.29, 0.717) is 24.0 Å². The van der Waals surface area contributed by atoms with Gasteiger partial charge in [0.25, 0.3) is 0 Å². The van der Waals surface area contributed by atoms with Crippen LogP contribution in [0.4, 0.5) is 5.69 Å². The van der Waals surface area contributed by atoms with Crippen molar-refractivity contribution in [3.63, 3.8) is 0 Å². The highest BCUT2D eigenvalue weighted by Crippen LogP contribution is 2.33. The summed E-state index contributed by atoms with van der Waals surface area (Å²) < 4.78 is 36.1. The number of unbranched alkanes of at least 4 members (excludes halogenated alkanes) is 1. The Balaban J connectivity index is 2.95. The number of carbonyl (C=O) groups excluding carboxylic acids is 1. The molecule has 1 N–H and O–H groups in total. The maximum Gasteiger partial charge on any atom is 0.240 e. The number of anilines is 1. The first-order chi connectivity index (χ1) is 12.8. The largest absolute Gasteiger partial charge is 0.497 e. The van der Waals surface area contributed by atoms with E-state index in [1.807, 2.05) is 0 Å².